The molecule has 2 aromatic carbocycles. The average Bonchev–Trinajstić information content (AvgIpc) is 3.09. The number of nitrogens with zero attached hydrogens (tertiary/aromatic N) is 3. The third-order valence-corrected chi connectivity index (χ3v) is 6.15. The third kappa shape index (κ3) is 5.06. The van der Waals surface area contributed by atoms with Crippen molar-refractivity contribution >= 4 is 34.0 Å². The highest BCUT2D eigenvalue weighted by Gasteiger charge is 2.26. The number of fused-ring (bicyclic) bond motifs is 2. The molecule has 6 nitrogen and oxygen atoms in total. The summed E-state index contributed by atoms with van der Waals surface area (Å²) in [5.41, 5.74) is 12.4. The lowest BCUT2D eigenvalue weighted by Crippen LogP contribution is -2.10. The number of hydrogen-bond acceptors (Lipinski definition) is 5. The number of esters is 1. The quantitative estimate of drug-likeness (QED) is 0.212. The second kappa shape index (κ2) is 10.7. The average molecular weight is 459 g/mol. The van der Waals surface area contributed by atoms with Crippen molar-refractivity contribution in [1.82, 2.24) is 14.5 Å². The van der Waals surface area contributed by atoms with Crippen LogP contribution >= 0.6 is 0 Å². The molecule has 0 saturated heterocycles. The predicted octanol–water partition coefficient (Wildman–Crippen LogP) is 6.68. The lowest BCUT2D eigenvalue weighted by molar-refractivity contribution is 0.0501. The van der Waals surface area contributed by atoms with Crippen LogP contribution in [0.25, 0.3) is 27.9 Å². The van der Waals surface area contributed by atoms with Crippen LogP contribution in [0.1, 0.15) is 73.4 Å². The number of benzene rings is 2. The van der Waals surface area contributed by atoms with Gasteiger partial charge in [0.2, 0.25) is 0 Å². The summed E-state index contributed by atoms with van der Waals surface area (Å²) in [6.45, 7) is 6.67. The number of unbranched alkanes of at least 4 members (excludes halogenated alkanes) is 6. The second-order valence-corrected chi connectivity index (χ2v) is 9.08. The normalized spacial score (nSPS) is 11.4. The van der Waals surface area contributed by atoms with Crippen molar-refractivity contribution in [2.75, 3.05) is 12.3 Å². The van der Waals surface area contributed by atoms with Crippen molar-refractivity contribution in [1.29, 1.82) is 0 Å². The maximum Gasteiger partial charge on any atom is 0.344 e. The van der Waals surface area contributed by atoms with Crippen molar-refractivity contribution in [2.45, 2.75) is 65.7 Å². The van der Waals surface area contributed by atoms with Crippen LogP contribution in [0, 0.1) is 13.8 Å². The Bertz CT molecular complexity index is 1290. The standard InChI is InChI=1S/C28H34N4O2/c1-4-5-6-7-8-9-12-15-34-28(33)24-25-27(31-23-14-11-10-13-22(23)30-25)32(26(24)29)21-17-19(2)16-20(3)18-21/h10-11,13-14,16-18H,4-9,12,15,29H2,1-3H3. The van der Waals surface area contributed by atoms with E-state index in [4.69, 9.17) is 20.4 Å². The first-order valence-electron chi connectivity index (χ1n) is 12.3. The summed E-state index contributed by atoms with van der Waals surface area (Å²) in [6.07, 6.45) is 8.12. The number of anilines is 1. The van der Waals surface area contributed by atoms with Gasteiger partial charge in [-0.1, -0.05) is 63.6 Å². The molecule has 0 aliphatic carbocycles. The number of aromatic nitrogens is 3. The molecule has 0 unspecified atom stereocenters. The van der Waals surface area contributed by atoms with Crippen molar-refractivity contribution in [3.63, 3.8) is 0 Å². The molecule has 0 radical (unpaired) electrons. The molecular formula is C28H34N4O2. The molecule has 2 heterocycles. The monoisotopic (exact) mass is 458 g/mol. The van der Waals surface area contributed by atoms with Crippen LogP contribution in [0.5, 0.6) is 0 Å². The highest BCUT2D eigenvalue weighted by Crippen LogP contribution is 2.32. The van der Waals surface area contributed by atoms with Gasteiger partial charge in [-0.25, -0.2) is 14.8 Å². The van der Waals surface area contributed by atoms with E-state index in [0.717, 1.165) is 35.2 Å². The summed E-state index contributed by atoms with van der Waals surface area (Å²) in [7, 11) is 0. The number of nitrogen functional groups attached to an aromatic ring is 1. The van der Waals surface area contributed by atoms with Crippen LogP contribution in [-0.2, 0) is 4.74 Å². The minimum absolute atomic E-state index is 0.287. The van der Waals surface area contributed by atoms with Crippen molar-refractivity contribution in [3.05, 3.63) is 59.2 Å². The number of carbonyl (C=O) groups is 1. The lowest BCUT2D eigenvalue weighted by Gasteiger charge is -2.10. The Balaban J connectivity index is 1.65. The molecule has 2 N–H and O–H groups in total. The maximum atomic E-state index is 13.2. The smallest absolute Gasteiger partial charge is 0.344 e. The molecule has 0 spiro atoms. The van der Waals surface area contributed by atoms with Gasteiger partial charge >= 0.3 is 5.97 Å². The van der Waals surface area contributed by atoms with Crippen LogP contribution in [0.3, 0.4) is 0 Å². The summed E-state index contributed by atoms with van der Waals surface area (Å²) in [5.74, 6) is -0.138. The lowest BCUT2D eigenvalue weighted by atomic mass is 10.1. The Morgan fingerprint density at radius 2 is 1.53 bits per heavy atom. The van der Waals surface area contributed by atoms with Gasteiger partial charge in [-0.05, 0) is 55.7 Å². The fourth-order valence-corrected chi connectivity index (χ4v) is 4.50. The van der Waals surface area contributed by atoms with E-state index >= 15 is 0 Å². The Labute approximate surface area is 201 Å². The molecule has 0 saturated carbocycles. The topological polar surface area (TPSA) is 83.0 Å². The van der Waals surface area contributed by atoms with Gasteiger partial charge in [0.1, 0.15) is 16.9 Å². The number of ether oxygens (including phenoxy) is 1. The molecule has 0 fully saturated rings. The maximum absolute atomic E-state index is 13.2. The molecule has 34 heavy (non-hydrogen) atoms. The van der Waals surface area contributed by atoms with E-state index in [1.165, 1.54) is 32.1 Å². The summed E-state index contributed by atoms with van der Waals surface area (Å²) in [5, 5.41) is 0. The van der Waals surface area contributed by atoms with Gasteiger partial charge in [0.25, 0.3) is 0 Å². The van der Waals surface area contributed by atoms with E-state index in [0.29, 0.717) is 29.1 Å². The highest BCUT2D eigenvalue weighted by molar-refractivity contribution is 6.09. The zero-order valence-corrected chi connectivity index (χ0v) is 20.4. The Morgan fingerprint density at radius 3 is 2.21 bits per heavy atom. The SMILES string of the molecule is CCCCCCCCCOC(=O)c1c(N)n(-c2cc(C)cc(C)c2)c2nc3ccccc3nc12. The van der Waals surface area contributed by atoms with Gasteiger partial charge in [0, 0.05) is 5.69 Å². The van der Waals surface area contributed by atoms with Crippen LogP contribution in [0.4, 0.5) is 5.82 Å². The fraction of sp³-hybridized carbons (Fsp3) is 0.393. The first kappa shape index (κ1) is 23.7. The van der Waals surface area contributed by atoms with Crippen molar-refractivity contribution in [2.24, 2.45) is 0 Å². The molecule has 6 heteroatoms. The van der Waals surface area contributed by atoms with E-state index in [2.05, 4.69) is 13.0 Å². The zero-order valence-electron chi connectivity index (χ0n) is 20.4. The Hall–Kier alpha value is -3.41. The van der Waals surface area contributed by atoms with Crippen LogP contribution in [0.2, 0.25) is 0 Å². The minimum Gasteiger partial charge on any atom is -0.462 e. The number of aryl methyl sites for hydroxylation is 2. The number of nitrogens with two attached hydrogens (primary N) is 1. The summed E-state index contributed by atoms with van der Waals surface area (Å²) in [6, 6.07) is 13.8. The number of carbonyl (C=O) groups excluding carboxylic acids is 1. The second-order valence-electron chi connectivity index (χ2n) is 9.08. The van der Waals surface area contributed by atoms with Crippen molar-refractivity contribution in [3.8, 4) is 5.69 Å². The fourth-order valence-electron chi connectivity index (χ4n) is 4.50. The van der Waals surface area contributed by atoms with Crippen molar-refractivity contribution < 1.29 is 9.53 Å². The zero-order chi connectivity index (χ0) is 24.1. The molecule has 0 amide bonds. The van der Waals surface area contributed by atoms with Crippen LogP contribution < -0.4 is 5.73 Å². The summed E-state index contributed by atoms with van der Waals surface area (Å²) < 4.78 is 7.47. The van der Waals surface area contributed by atoms with E-state index in [-0.39, 0.29) is 5.56 Å². The minimum atomic E-state index is -0.443. The van der Waals surface area contributed by atoms with Gasteiger partial charge < -0.3 is 10.5 Å². The molecule has 0 atom stereocenters. The molecule has 4 rings (SSSR count). The summed E-state index contributed by atoms with van der Waals surface area (Å²) >= 11 is 0. The molecule has 0 bridgehead atoms. The molecule has 4 aromatic rings. The van der Waals surface area contributed by atoms with Gasteiger partial charge in [0.05, 0.1) is 17.6 Å². The predicted molar refractivity (Wildman–Crippen MR) is 139 cm³/mol. The van der Waals surface area contributed by atoms with E-state index in [1.54, 1.807) is 0 Å². The first-order chi connectivity index (χ1) is 16.5. The van der Waals surface area contributed by atoms with E-state index in [1.807, 2.05) is 54.8 Å². The van der Waals surface area contributed by atoms with Crippen LogP contribution in [-0.4, -0.2) is 27.1 Å². The number of para-hydroxylation sites is 2. The Kier molecular flexibility index (Phi) is 7.46. The van der Waals surface area contributed by atoms with Gasteiger partial charge in [-0.15, -0.1) is 0 Å². The molecule has 0 aliphatic rings. The van der Waals surface area contributed by atoms with E-state index < -0.39 is 5.97 Å². The highest BCUT2D eigenvalue weighted by atomic mass is 16.5. The molecule has 178 valence electrons. The number of rotatable bonds is 10. The van der Waals surface area contributed by atoms with Gasteiger partial charge in [-0.2, -0.15) is 0 Å². The molecule has 2 aromatic heterocycles. The number of hydrogen-bond donors (Lipinski definition) is 1. The Morgan fingerprint density at radius 1 is 0.912 bits per heavy atom. The van der Waals surface area contributed by atoms with Gasteiger partial charge in [-0.3, -0.25) is 4.57 Å². The van der Waals surface area contributed by atoms with E-state index in [9.17, 15) is 4.79 Å². The molecular weight excluding hydrogens is 424 g/mol. The molecule has 0 aliphatic heterocycles. The summed E-state index contributed by atoms with van der Waals surface area (Å²) in [4.78, 5) is 22.8. The van der Waals surface area contributed by atoms with Crippen LogP contribution in [0.15, 0.2) is 42.5 Å². The third-order valence-electron chi connectivity index (χ3n) is 6.15. The largest absolute Gasteiger partial charge is 0.462 e. The first-order valence-corrected chi connectivity index (χ1v) is 12.3. The van der Waals surface area contributed by atoms with Gasteiger partial charge in [0.15, 0.2) is 5.65 Å².